The first-order valence-corrected chi connectivity index (χ1v) is 8.81. The van der Waals surface area contributed by atoms with E-state index in [2.05, 4.69) is 74.0 Å². The molecule has 0 bridgehead atoms. The number of hydrogen-bond acceptors (Lipinski definition) is 5. The summed E-state index contributed by atoms with van der Waals surface area (Å²) in [4.78, 5) is 12.3. The molecule has 0 radical (unpaired) electrons. The molecule has 0 aliphatic carbocycles. The van der Waals surface area contributed by atoms with E-state index < -0.39 is 0 Å². The van der Waals surface area contributed by atoms with Crippen LogP contribution in [0.25, 0.3) is 11.2 Å². The van der Waals surface area contributed by atoms with Crippen molar-refractivity contribution >= 4 is 17.0 Å². The summed E-state index contributed by atoms with van der Waals surface area (Å²) >= 11 is 0. The van der Waals surface area contributed by atoms with E-state index in [0.717, 1.165) is 17.0 Å². The van der Waals surface area contributed by atoms with Crippen molar-refractivity contribution < 1.29 is 4.74 Å². The number of rotatable bonds is 4. The van der Waals surface area contributed by atoms with Gasteiger partial charge in [0.2, 0.25) is 0 Å². The molecule has 0 spiro atoms. The van der Waals surface area contributed by atoms with Gasteiger partial charge in [-0.15, -0.1) is 0 Å². The van der Waals surface area contributed by atoms with Crippen molar-refractivity contribution in [2.75, 3.05) is 12.3 Å². The molecule has 1 aromatic carbocycles. The fourth-order valence-electron chi connectivity index (χ4n) is 2.25. The van der Waals surface area contributed by atoms with Crippen LogP contribution in [0, 0.1) is 6.92 Å². The highest BCUT2D eigenvalue weighted by Crippen LogP contribution is 2.17. The maximum atomic E-state index is 5.77. The number of hydrogen-bond donors (Lipinski definition) is 1. The number of aromatic nitrogens is 4. The number of anilines is 1. The molecule has 3 aromatic rings. The zero-order chi connectivity index (χ0) is 21.6. The number of para-hydroxylation sites is 1. The molecule has 6 heteroatoms. The van der Waals surface area contributed by atoms with E-state index in [9.17, 15) is 0 Å². The van der Waals surface area contributed by atoms with Gasteiger partial charge in [-0.2, -0.15) is 0 Å². The lowest BCUT2D eigenvalue weighted by molar-refractivity contribution is 0.298. The van der Waals surface area contributed by atoms with Crippen LogP contribution in [0.3, 0.4) is 0 Å². The van der Waals surface area contributed by atoms with Crippen molar-refractivity contribution in [3.63, 3.8) is 0 Å². The summed E-state index contributed by atoms with van der Waals surface area (Å²) in [5.41, 5.74) is 27.7. The Balaban J connectivity index is 0.000000274. The summed E-state index contributed by atoms with van der Waals surface area (Å²) in [7, 11) is 0. The molecule has 0 aliphatic heterocycles. The lowest BCUT2D eigenvalue weighted by Gasteiger charge is -2.09. The summed E-state index contributed by atoms with van der Waals surface area (Å²) in [5, 5.41) is 0. The number of imidazole rings is 1. The Kier molecular flexibility index (Phi) is 8.61. The maximum absolute atomic E-state index is 5.77. The molecule has 0 saturated carbocycles. The molecule has 0 atom stereocenters. The molecule has 0 unspecified atom stereocenters. The zero-order valence-corrected chi connectivity index (χ0v) is 16.6. The second-order valence-electron chi connectivity index (χ2n) is 5.59. The van der Waals surface area contributed by atoms with Gasteiger partial charge in [0.1, 0.15) is 24.2 Å². The second kappa shape index (κ2) is 11.9. The normalized spacial score (nSPS) is 8.43. The average Bonchev–Trinajstić information content (AvgIpc) is 3.17. The topological polar surface area (TPSA) is 78.9 Å². The van der Waals surface area contributed by atoms with Gasteiger partial charge in [-0.3, -0.25) is 0 Å². The predicted octanol–water partition coefficient (Wildman–Crippen LogP) is 3.84. The molecular formula is C24H19N5O. The molecule has 0 amide bonds. The highest BCUT2D eigenvalue weighted by molar-refractivity contribution is 5.81. The Labute approximate surface area is 174 Å². The maximum Gasteiger partial charge on any atom is 0.165 e. The summed E-state index contributed by atoms with van der Waals surface area (Å²) in [6.07, 6.45) is 3.15. The third-order valence-electron chi connectivity index (χ3n) is 3.60. The Morgan fingerprint density at radius 3 is 2.30 bits per heavy atom. The molecule has 3 rings (SSSR count). The number of fused-ring (bicyclic) bond motifs is 1. The first-order chi connectivity index (χ1) is 14.7. The van der Waals surface area contributed by atoms with Crippen molar-refractivity contribution in [3.8, 4) is 5.75 Å². The standard InChI is InChI=1S/C14H15N5O.C10H4/c1-10-4-2-3-5-11(10)20-7-6-19-9-18-12-13(15)16-8-17-14(12)19;1-3-5-7-9-10-8-6-4-2/h2-5,8-9H,6-7H2,1H3,(H2,15,16,17);1-2H2. The molecule has 0 fully saturated rings. The van der Waals surface area contributed by atoms with Gasteiger partial charge < -0.3 is 15.0 Å². The quantitative estimate of drug-likeness (QED) is 0.682. The second-order valence-corrected chi connectivity index (χ2v) is 5.59. The Bertz CT molecular complexity index is 1280. The fourth-order valence-corrected chi connectivity index (χ4v) is 2.25. The minimum atomic E-state index is 0.397. The van der Waals surface area contributed by atoms with Gasteiger partial charge in [0.05, 0.1) is 12.9 Å². The van der Waals surface area contributed by atoms with Crippen LogP contribution in [-0.4, -0.2) is 26.1 Å². The van der Waals surface area contributed by atoms with Crippen molar-refractivity contribution in [2.24, 2.45) is 0 Å². The van der Waals surface area contributed by atoms with Crippen LogP contribution < -0.4 is 10.5 Å². The molecule has 30 heavy (non-hydrogen) atoms. The van der Waals surface area contributed by atoms with Crippen LogP contribution in [0.1, 0.15) is 5.56 Å². The summed E-state index contributed by atoms with van der Waals surface area (Å²) < 4.78 is 7.67. The van der Waals surface area contributed by atoms with Gasteiger partial charge in [-0.1, -0.05) is 29.7 Å². The van der Waals surface area contributed by atoms with E-state index >= 15 is 0 Å². The number of nitrogens with two attached hydrogens (primary N) is 1. The van der Waals surface area contributed by atoms with Gasteiger partial charge in [0.15, 0.2) is 11.5 Å². The smallest absolute Gasteiger partial charge is 0.165 e. The van der Waals surface area contributed by atoms with E-state index in [-0.39, 0.29) is 0 Å². The minimum absolute atomic E-state index is 0.397. The molecule has 2 N–H and O–H groups in total. The molecular weight excluding hydrogens is 374 g/mol. The van der Waals surface area contributed by atoms with Crippen LogP contribution in [0.4, 0.5) is 5.82 Å². The van der Waals surface area contributed by atoms with Crippen LogP contribution >= 0.6 is 0 Å². The van der Waals surface area contributed by atoms with Gasteiger partial charge >= 0.3 is 0 Å². The van der Waals surface area contributed by atoms with Gasteiger partial charge in [-0.05, 0) is 66.1 Å². The summed E-state index contributed by atoms with van der Waals surface area (Å²) in [6, 6.07) is 7.94. The van der Waals surface area contributed by atoms with Crippen molar-refractivity contribution in [2.45, 2.75) is 13.5 Å². The van der Waals surface area contributed by atoms with Crippen LogP contribution in [-0.2, 0) is 6.54 Å². The molecule has 2 heterocycles. The average molecular weight is 393 g/mol. The first kappa shape index (κ1) is 21.6. The van der Waals surface area contributed by atoms with Crippen molar-refractivity contribution in [1.29, 1.82) is 0 Å². The van der Waals surface area contributed by atoms with Crippen LogP contribution in [0.15, 0.2) is 95.9 Å². The number of nitrogens with zero attached hydrogens (tertiary/aromatic N) is 4. The molecule has 0 saturated heterocycles. The number of ether oxygens (including phenoxy) is 1. The van der Waals surface area contributed by atoms with E-state index in [1.807, 2.05) is 35.8 Å². The van der Waals surface area contributed by atoms with Crippen molar-refractivity contribution in [3.05, 3.63) is 101 Å². The highest BCUT2D eigenvalue weighted by atomic mass is 16.5. The predicted molar refractivity (Wildman–Crippen MR) is 116 cm³/mol. The third kappa shape index (κ3) is 6.50. The van der Waals surface area contributed by atoms with E-state index in [1.54, 1.807) is 6.33 Å². The molecule has 0 aliphatic rings. The Hall–Kier alpha value is -4.65. The third-order valence-corrected chi connectivity index (χ3v) is 3.60. The van der Waals surface area contributed by atoms with Gasteiger partial charge in [0, 0.05) is 0 Å². The number of benzene rings is 1. The van der Waals surface area contributed by atoms with E-state index in [1.165, 1.54) is 6.33 Å². The fraction of sp³-hybridized carbons (Fsp3) is 0.125. The molecule has 2 aromatic heterocycles. The summed E-state index contributed by atoms with van der Waals surface area (Å²) in [6.45, 7) is 9.76. The number of aryl methyl sites for hydroxylation is 1. The first-order valence-electron chi connectivity index (χ1n) is 8.81. The van der Waals surface area contributed by atoms with Gasteiger partial charge in [-0.25, -0.2) is 15.0 Å². The van der Waals surface area contributed by atoms with Crippen LogP contribution in [0.5, 0.6) is 5.75 Å². The zero-order valence-electron chi connectivity index (χ0n) is 16.6. The molecule has 6 nitrogen and oxygen atoms in total. The van der Waals surface area contributed by atoms with Crippen LogP contribution in [0.2, 0.25) is 0 Å². The van der Waals surface area contributed by atoms with Gasteiger partial charge in [0.25, 0.3) is 0 Å². The highest BCUT2D eigenvalue weighted by Gasteiger charge is 2.07. The minimum Gasteiger partial charge on any atom is -0.491 e. The summed E-state index contributed by atoms with van der Waals surface area (Å²) in [5.74, 6) is 1.29. The molecule has 146 valence electrons. The van der Waals surface area contributed by atoms with E-state index in [4.69, 9.17) is 10.5 Å². The number of nitrogen functional groups attached to an aromatic ring is 1. The largest absolute Gasteiger partial charge is 0.491 e. The SMILES string of the molecule is C=C=C=C=C=C=C=C=C=C.Cc1ccccc1OCCn1cnc2c(N)ncnc21. The Morgan fingerprint density at radius 2 is 1.63 bits per heavy atom. The van der Waals surface area contributed by atoms with E-state index in [0.29, 0.717) is 24.5 Å². The lowest BCUT2D eigenvalue weighted by Crippen LogP contribution is -2.08. The lowest BCUT2D eigenvalue weighted by atomic mass is 10.2. The Morgan fingerprint density at radius 1 is 0.967 bits per heavy atom. The van der Waals surface area contributed by atoms with Crippen molar-refractivity contribution in [1.82, 2.24) is 19.5 Å². The monoisotopic (exact) mass is 393 g/mol.